The standard InChI is InChI=1S/C22H19Cl2F3N4O/c23-17-5-4-15(11-18(17)24)19-12-20(29-28-19)21(32)31-8-6-30(7-9-31)13-14-2-1-3-16(10-14)22(25,26)27/h1-5,10-12H,6-9,13H2,(H,28,29). The number of carbonyl (C=O) groups is 1. The Bertz CT molecular complexity index is 1120. The number of alkyl halides is 3. The zero-order chi connectivity index (χ0) is 22.9. The predicted molar refractivity (Wildman–Crippen MR) is 117 cm³/mol. The van der Waals surface area contributed by atoms with Gasteiger partial charge in [-0.25, -0.2) is 0 Å². The minimum absolute atomic E-state index is 0.178. The first kappa shape index (κ1) is 22.6. The van der Waals surface area contributed by atoms with Gasteiger partial charge in [-0.2, -0.15) is 18.3 Å². The lowest BCUT2D eigenvalue weighted by Crippen LogP contribution is -2.48. The maximum Gasteiger partial charge on any atom is 0.416 e. The number of amides is 1. The van der Waals surface area contributed by atoms with E-state index in [0.29, 0.717) is 59.7 Å². The second-order valence-electron chi connectivity index (χ2n) is 7.56. The Balaban J connectivity index is 1.36. The van der Waals surface area contributed by atoms with Gasteiger partial charge in [0.15, 0.2) is 0 Å². The number of rotatable bonds is 4. The first-order valence-electron chi connectivity index (χ1n) is 9.89. The van der Waals surface area contributed by atoms with E-state index in [2.05, 4.69) is 10.2 Å². The summed E-state index contributed by atoms with van der Waals surface area (Å²) in [7, 11) is 0. The van der Waals surface area contributed by atoms with Crippen molar-refractivity contribution in [2.24, 2.45) is 0 Å². The first-order valence-corrected chi connectivity index (χ1v) is 10.6. The molecule has 0 spiro atoms. The maximum absolute atomic E-state index is 12.9. The van der Waals surface area contributed by atoms with Crippen molar-refractivity contribution in [3.8, 4) is 11.3 Å². The van der Waals surface area contributed by atoms with Crippen molar-refractivity contribution in [3.05, 3.63) is 75.4 Å². The molecule has 0 aliphatic carbocycles. The maximum atomic E-state index is 12.9. The number of benzene rings is 2. The number of aromatic amines is 1. The highest BCUT2D eigenvalue weighted by Gasteiger charge is 2.30. The number of hydrogen-bond acceptors (Lipinski definition) is 3. The van der Waals surface area contributed by atoms with Gasteiger partial charge in [-0.05, 0) is 29.8 Å². The van der Waals surface area contributed by atoms with Gasteiger partial charge < -0.3 is 4.90 Å². The summed E-state index contributed by atoms with van der Waals surface area (Å²) < 4.78 is 38.8. The molecule has 1 aromatic heterocycles. The monoisotopic (exact) mass is 482 g/mol. The van der Waals surface area contributed by atoms with E-state index in [9.17, 15) is 18.0 Å². The van der Waals surface area contributed by atoms with Crippen LogP contribution in [0, 0.1) is 0 Å². The molecule has 0 bridgehead atoms. The van der Waals surface area contributed by atoms with Crippen LogP contribution in [-0.2, 0) is 12.7 Å². The van der Waals surface area contributed by atoms with E-state index >= 15 is 0 Å². The fourth-order valence-corrected chi connectivity index (χ4v) is 3.92. The Hall–Kier alpha value is -2.55. The third-order valence-corrected chi connectivity index (χ3v) is 6.08. The molecule has 0 atom stereocenters. The molecule has 1 saturated heterocycles. The average molecular weight is 483 g/mol. The van der Waals surface area contributed by atoms with Crippen LogP contribution in [0.15, 0.2) is 48.5 Å². The van der Waals surface area contributed by atoms with Crippen molar-refractivity contribution in [1.82, 2.24) is 20.0 Å². The molecule has 0 saturated carbocycles. The summed E-state index contributed by atoms with van der Waals surface area (Å²) in [4.78, 5) is 16.6. The lowest BCUT2D eigenvalue weighted by atomic mass is 10.1. The molecule has 1 fully saturated rings. The Labute approximate surface area is 192 Å². The number of halogens is 5. The smallest absolute Gasteiger partial charge is 0.335 e. The Morgan fingerprint density at radius 1 is 1.00 bits per heavy atom. The van der Waals surface area contributed by atoms with Crippen LogP contribution >= 0.6 is 23.2 Å². The summed E-state index contributed by atoms with van der Waals surface area (Å²) in [6.45, 7) is 2.47. The highest BCUT2D eigenvalue weighted by molar-refractivity contribution is 6.42. The quantitative estimate of drug-likeness (QED) is 0.544. The fourth-order valence-electron chi connectivity index (χ4n) is 3.62. The molecule has 1 N–H and O–H groups in total. The summed E-state index contributed by atoms with van der Waals surface area (Å²) in [5.74, 6) is -0.178. The number of hydrogen-bond donors (Lipinski definition) is 1. The predicted octanol–water partition coefficient (Wildman–Crippen LogP) is 5.36. The summed E-state index contributed by atoms with van der Waals surface area (Å²) in [5.41, 5.74) is 1.62. The molecular formula is C22H19Cl2F3N4O. The van der Waals surface area contributed by atoms with E-state index in [-0.39, 0.29) is 5.91 Å². The lowest BCUT2D eigenvalue weighted by molar-refractivity contribution is -0.137. The van der Waals surface area contributed by atoms with E-state index in [1.165, 1.54) is 12.1 Å². The van der Waals surface area contributed by atoms with Gasteiger partial charge in [0.2, 0.25) is 0 Å². The van der Waals surface area contributed by atoms with Gasteiger partial charge in [0.05, 0.1) is 21.3 Å². The average Bonchev–Trinajstić information content (AvgIpc) is 3.26. The fraction of sp³-hybridized carbons (Fsp3) is 0.273. The third-order valence-electron chi connectivity index (χ3n) is 5.34. The Morgan fingerprint density at radius 3 is 2.44 bits per heavy atom. The van der Waals surface area contributed by atoms with Gasteiger partial charge in [-0.1, -0.05) is 47.5 Å². The highest BCUT2D eigenvalue weighted by Crippen LogP contribution is 2.30. The molecule has 0 radical (unpaired) electrons. The van der Waals surface area contributed by atoms with Crippen LogP contribution in [0.25, 0.3) is 11.3 Å². The van der Waals surface area contributed by atoms with Gasteiger partial charge in [0.1, 0.15) is 5.69 Å². The molecule has 1 aliphatic heterocycles. The Morgan fingerprint density at radius 2 is 1.75 bits per heavy atom. The molecule has 0 unspecified atom stereocenters. The van der Waals surface area contributed by atoms with Crippen molar-refractivity contribution in [2.75, 3.05) is 26.2 Å². The molecule has 10 heteroatoms. The lowest BCUT2D eigenvalue weighted by Gasteiger charge is -2.34. The number of piperazine rings is 1. The minimum atomic E-state index is -4.36. The van der Waals surface area contributed by atoms with Gasteiger partial charge in [-0.3, -0.25) is 14.8 Å². The van der Waals surface area contributed by atoms with E-state index in [0.717, 1.165) is 11.6 Å². The van der Waals surface area contributed by atoms with Crippen LogP contribution in [0.5, 0.6) is 0 Å². The zero-order valence-corrected chi connectivity index (χ0v) is 18.3. The SMILES string of the molecule is O=C(c1cc(-c2ccc(Cl)c(Cl)c2)n[nH]1)N1CCN(Cc2cccc(C(F)(F)F)c2)CC1. The van der Waals surface area contributed by atoms with Gasteiger partial charge in [0, 0.05) is 38.3 Å². The van der Waals surface area contributed by atoms with Gasteiger partial charge in [-0.15, -0.1) is 0 Å². The summed E-state index contributed by atoms with van der Waals surface area (Å²) in [6.07, 6.45) is -4.36. The molecule has 1 amide bonds. The van der Waals surface area contributed by atoms with Gasteiger partial charge >= 0.3 is 6.18 Å². The molecule has 3 aromatic rings. The highest BCUT2D eigenvalue weighted by atomic mass is 35.5. The van der Waals surface area contributed by atoms with E-state index in [1.807, 2.05) is 4.90 Å². The first-order chi connectivity index (χ1) is 15.2. The van der Waals surface area contributed by atoms with Crippen molar-refractivity contribution < 1.29 is 18.0 Å². The van der Waals surface area contributed by atoms with Crippen LogP contribution < -0.4 is 0 Å². The van der Waals surface area contributed by atoms with Crippen LogP contribution in [0.2, 0.25) is 10.0 Å². The van der Waals surface area contributed by atoms with Crippen LogP contribution in [0.1, 0.15) is 21.6 Å². The number of carbonyl (C=O) groups excluding carboxylic acids is 1. The molecule has 1 aliphatic rings. The van der Waals surface area contributed by atoms with E-state index in [1.54, 1.807) is 35.2 Å². The van der Waals surface area contributed by atoms with E-state index in [4.69, 9.17) is 23.2 Å². The normalized spacial score (nSPS) is 15.2. The van der Waals surface area contributed by atoms with Gasteiger partial charge in [0.25, 0.3) is 5.91 Å². The second kappa shape index (κ2) is 9.13. The van der Waals surface area contributed by atoms with E-state index < -0.39 is 11.7 Å². The molecular weight excluding hydrogens is 464 g/mol. The minimum Gasteiger partial charge on any atom is -0.335 e. The van der Waals surface area contributed by atoms with Crippen molar-refractivity contribution in [2.45, 2.75) is 12.7 Å². The molecule has 5 nitrogen and oxygen atoms in total. The van der Waals surface area contributed by atoms with Crippen molar-refractivity contribution in [1.29, 1.82) is 0 Å². The van der Waals surface area contributed by atoms with Crippen LogP contribution in [0.4, 0.5) is 13.2 Å². The molecule has 32 heavy (non-hydrogen) atoms. The number of nitrogens with zero attached hydrogens (tertiary/aromatic N) is 3. The largest absolute Gasteiger partial charge is 0.416 e. The zero-order valence-electron chi connectivity index (χ0n) is 16.8. The number of aromatic nitrogens is 2. The van der Waals surface area contributed by atoms with Crippen molar-refractivity contribution in [3.63, 3.8) is 0 Å². The number of nitrogens with one attached hydrogen (secondary N) is 1. The molecule has 2 heterocycles. The summed E-state index contributed by atoms with van der Waals surface area (Å²) >= 11 is 12.0. The summed E-state index contributed by atoms with van der Waals surface area (Å²) in [5, 5.41) is 7.80. The van der Waals surface area contributed by atoms with Crippen molar-refractivity contribution >= 4 is 29.1 Å². The molecule has 4 rings (SSSR count). The Kier molecular flexibility index (Phi) is 6.46. The topological polar surface area (TPSA) is 52.2 Å². The summed E-state index contributed by atoms with van der Waals surface area (Å²) in [6, 6.07) is 12.1. The van der Waals surface area contributed by atoms with Crippen LogP contribution in [-0.4, -0.2) is 52.1 Å². The molecule has 168 valence electrons. The second-order valence-corrected chi connectivity index (χ2v) is 8.38. The molecule has 2 aromatic carbocycles. The number of H-pyrrole nitrogens is 1. The van der Waals surface area contributed by atoms with Crippen LogP contribution in [0.3, 0.4) is 0 Å². The third kappa shape index (κ3) is 5.09.